The number of nitrogens with zero attached hydrogens (tertiary/aromatic N) is 3. The van der Waals surface area contributed by atoms with Gasteiger partial charge in [-0.2, -0.15) is 5.26 Å². The largest absolute Gasteiger partial charge is 0.325 e. The molecule has 1 spiro atoms. The Balaban J connectivity index is 1.71. The van der Waals surface area contributed by atoms with E-state index in [2.05, 4.69) is 22.3 Å². The van der Waals surface area contributed by atoms with Crippen molar-refractivity contribution in [1.82, 2.24) is 15.1 Å². The van der Waals surface area contributed by atoms with Crippen molar-refractivity contribution in [3.63, 3.8) is 0 Å². The van der Waals surface area contributed by atoms with Crippen LogP contribution < -0.4 is 5.32 Å². The Morgan fingerprint density at radius 1 is 1.26 bits per heavy atom. The number of nitrogens with one attached hydrogen (secondary N) is 1. The second-order valence-electron chi connectivity index (χ2n) is 6.18. The Kier molecular flexibility index (Phi) is 4.30. The smallest absolute Gasteiger partial charge is 0.322 e. The molecular weight excluding hydrogens is 292 g/mol. The van der Waals surface area contributed by atoms with E-state index in [0.29, 0.717) is 13.0 Å². The maximum atomic E-state index is 12.7. The first-order valence-electron chi connectivity index (χ1n) is 7.92. The molecular formula is C17H20N4O2. The number of hydrogen-bond acceptors (Lipinski definition) is 4. The van der Waals surface area contributed by atoms with Crippen molar-refractivity contribution >= 4 is 11.9 Å². The number of nitriles is 1. The van der Waals surface area contributed by atoms with Crippen molar-refractivity contribution in [3.8, 4) is 6.07 Å². The van der Waals surface area contributed by atoms with Crippen molar-refractivity contribution < 1.29 is 9.59 Å². The van der Waals surface area contributed by atoms with Crippen molar-refractivity contribution in [2.24, 2.45) is 0 Å². The van der Waals surface area contributed by atoms with Crippen LogP contribution in [0, 0.1) is 11.3 Å². The third kappa shape index (κ3) is 3.06. The van der Waals surface area contributed by atoms with Crippen LogP contribution >= 0.6 is 0 Å². The minimum Gasteiger partial charge on any atom is -0.322 e. The predicted octanol–water partition coefficient (Wildman–Crippen LogP) is 1.49. The van der Waals surface area contributed by atoms with Crippen LogP contribution in [0.25, 0.3) is 0 Å². The molecule has 0 saturated carbocycles. The predicted molar refractivity (Wildman–Crippen MR) is 84.2 cm³/mol. The van der Waals surface area contributed by atoms with Crippen molar-refractivity contribution in [2.75, 3.05) is 19.6 Å². The Labute approximate surface area is 135 Å². The molecule has 3 rings (SSSR count). The van der Waals surface area contributed by atoms with Gasteiger partial charge in [-0.15, -0.1) is 0 Å². The maximum Gasteiger partial charge on any atom is 0.325 e. The van der Waals surface area contributed by atoms with Gasteiger partial charge in [-0.25, -0.2) is 4.79 Å². The fraction of sp³-hybridized carbons (Fsp3) is 0.471. The molecule has 6 heteroatoms. The third-order valence-electron chi connectivity index (χ3n) is 4.51. The van der Waals surface area contributed by atoms with E-state index < -0.39 is 5.54 Å². The van der Waals surface area contributed by atoms with Gasteiger partial charge in [0.2, 0.25) is 0 Å². The SMILES string of the molecule is N#CCCN1C(=O)N[C@@]2(CCCN(Cc3ccccc3)C2)C1=O. The average Bonchev–Trinajstić information content (AvgIpc) is 2.77. The van der Waals surface area contributed by atoms with E-state index in [9.17, 15) is 9.59 Å². The van der Waals surface area contributed by atoms with Crippen LogP contribution in [0.15, 0.2) is 30.3 Å². The summed E-state index contributed by atoms with van der Waals surface area (Å²) in [5.41, 5.74) is 0.377. The highest BCUT2D eigenvalue weighted by molar-refractivity contribution is 6.07. The van der Waals surface area contributed by atoms with E-state index in [1.54, 1.807) is 0 Å². The lowest BCUT2D eigenvalue weighted by Crippen LogP contribution is -2.58. The minimum absolute atomic E-state index is 0.168. The van der Waals surface area contributed by atoms with Crippen LogP contribution in [0.1, 0.15) is 24.8 Å². The molecule has 120 valence electrons. The van der Waals surface area contributed by atoms with Gasteiger partial charge in [0.25, 0.3) is 5.91 Å². The lowest BCUT2D eigenvalue weighted by molar-refractivity contribution is -0.133. The monoisotopic (exact) mass is 312 g/mol. The number of rotatable bonds is 4. The van der Waals surface area contributed by atoms with Crippen LogP contribution in [0.3, 0.4) is 0 Å². The molecule has 3 amide bonds. The van der Waals surface area contributed by atoms with Crippen molar-refractivity contribution in [2.45, 2.75) is 31.3 Å². The molecule has 0 radical (unpaired) electrons. The molecule has 2 saturated heterocycles. The van der Waals surface area contributed by atoms with Crippen molar-refractivity contribution in [1.29, 1.82) is 5.26 Å². The van der Waals surface area contributed by atoms with Crippen molar-refractivity contribution in [3.05, 3.63) is 35.9 Å². The molecule has 1 N–H and O–H groups in total. The molecule has 1 atom stereocenters. The number of amides is 3. The number of hydrogen-bond donors (Lipinski definition) is 1. The number of urea groups is 1. The zero-order valence-electron chi connectivity index (χ0n) is 13.0. The lowest BCUT2D eigenvalue weighted by Gasteiger charge is -2.38. The summed E-state index contributed by atoms with van der Waals surface area (Å²) in [6.07, 6.45) is 1.69. The summed E-state index contributed by atoms with van der Waals surface area (Å²) in [5, 5.41) is 11.6. The highest BCUT2D eigenvalue weighted by Gasteiger charge is 2.52. The van der Waals surface area contributed by atoms with Crippen LogP contribution in [0.5, 0.6) is 0 Å². The molecule has 2 aliphatic rings. The van der Waals surface area contributed by atoms with Gasteiger partial charge in [-0.05, 0) is 24.9 Å². The van der Waals surface area contributed by atoms with E-state index >= 15 is 0 Å². The third-order valence-corrected chi connectivity index (χ3v) is 4.51. The number of carbonyl (C=O) groups is 2. The zero-order chi connectivity index (χ0) is 16.3. The quantitative estimate of drug-likeness (QED) is 0.855. The molecule has 0 aliphatic carbocycles. The van der Waals surface area contributed by atoms with Gasteiger partial charge in [-0.3, -0.25) is 14.6 Å². The van der Waals surface area contributed by atoms with Gasteiger partial charge in [0.05, 0.1) is 12.5 Å². The molecule has 0 aromatic heterocycles. The number of carbonyl (C=O) groups excluding carboxylic acids is 2. The average molecular weight is 312 g/mol. The molecule has 2 heterocycles. The van der Waals surface area contributed by atoms with Gasteiger partial charge < -0.3 is 5.32 Å². The Hall–Kier alpha value is -2.39. The van der Waals surface area contributed by atoms with E-state index in [1.807, 2.05) is 24.3 Å². The van der Waals surface area contributed by atoms with Crippen LogP contribution in [-0.2, 0) is 11.3 Å². The number of imide groups is 1. The number of piperidine rings is 1. The molecule has 2 aliphatic heterocycles. The van der Waals surface area contributed by atoms with Crippen LogP contribution in [0.4, 0.5) is 4.79 Å². The summed E-state index contributed by atoms with van der Waals surface area (Å²) in [7, 11) is 0. The number of benzene rings is 1. The van der Waals surface area contributed by atoms with Gasteiger partial charge in [-0.1, -0.05) is 30.3 Å². The summed E-state index contributed by atoms with van der Waals surface area (Å²) in [6, 6.07) is 11.7. The van der Waals surface area contributed by atoms with Gasteiger partial charge in [0.15, 0.2) is 0 Å². The Morgan fingerprint density at radius 2 is 2.04 bits per heavy atom. The summed E-state index contributed by atoms with van der Waals surface area (Å²) in [5.74, 6) is -0.185. The highest BCUT2D eigenvalue weighted by atomic mass is 16.2. The van der Waals surface area contributed by atoms with E-state index in [-0.39, 0.29) is 24.9 Å². The topological polar surface area (TPSA) is 76.4 Å². The second kappa shape index (κ2) is 6.39. The highest BCUT2D eigenvalue weighted by Crippen LogP contribution is 2.29. The standard InChI is InChI=1S/C17H20N4O2/c18-9-5-11-21-15(22)17(19-16(21)23)8-4-10-20(13-17)12-14-6-2-1-3-7-14/h1-3,6-7H,4-5,8,10-13H2,(H,19,23)/t17-/m1/s1. The molecule has 0 unspecified atom stereocenters. The summed E-state index contributed by atoms with van der Waals surface area (Å²) >= 11 is 0. The first-order chi connectivity index (χ1) is 11.1. The number of likely N-dealkylation sites (tertiary alicyclic amines) is 1. The molecule has 23 heavy (non-hydrogen) atoms. The molecule has 6 nitrogen and oxygen atoms in total. The Bertz CT molecular complexity index is 640. The van der Waals surface area contributed by atoms with Crippen LogP contribution in [-0.4, -0.2) is 46.9 Å². The van der Waals surface area contributed by atoms with Crippen LogP contribution in [0.2, 0.25) is 0 Å². The van der Waals surface area contributed by atoms with Gasteiger partial charge in [0.1, 0.15) is 5.54 Å². The maximum absolute atomic E-state index is 12.7. The minimum atomic E-state index is -0.820. The fourth-order valence-electron chi connectivity index (χ4n) is 3.44. The summed E-state index contributed by atoms with van der Waals surface area (Å²) in [6.45, 7) is 2.37. The van der Waals surface area contributed by atoms with Gasteiger partial charge >= 0.3 is 6.03 Å². The molecule has 0 bridgehead atoms. The summed E-state index contributed by atoms with van der Waals surface area (Å²) in [4.78, 5) is 28.2. The lowest BCUT2D eigenvalue weighted by atomic mass is 9.88. The Morgan fingerprint density at radius 3 is 2.78 bits per heavy atom. The summed E-state index contributed by atoms with van der Waals surface area (Å²) < 4.78 is 0. The van der Waals surface area contributed by atoms with Gasteiger partial charge in [0, 0.05) is 19.6 Å². The first-order valence-corrected chi connectivity index (χ1v) is 7.92. The molecule has 1 aromatic carbocycles. The first kappa shape index (κ1) is 15.5. The van der Waals surface area contributed by atoms with E-state index in [0.717, 1.165) is 19.5 Å². The fourth-order valence-corrected chi connectivity index (χ4v) is 3.44. The normalized spacial score (nSPS) is 24.7. The zero-order valence-corrected chi connectivity index (χ0v) is 13.0. The van der Waals surface area contributed by atoms with E-state index in [1.165, 1.54) is 10.5 Å². The molecule has 2 fully saturated rings. The second-order valence-corrected chi connectivity index (χ2v) is 6.18. The van der Waals surface area contributed by atoms with E-state index in [4.69, 9.17) is 5.26 Å². The molecule has 1 aromatic rings.